The highest BCUT2D eigenvalue weighted by molar-refractivity contribution is 6.34. The molecule has 1 aromatic heterocycles. The number of benzene rings is 1. The Kier molecular flexibility index (Phi) is 8.15. The van der Waals surface area contributed by atoms with Crippen LogP contribution in [-0.2, 0) is 21.4 Å². The normalized spacial score (nSPS) is 12.7. The number of halogens is 1. The maximum absolute atomic E-state index is 12.7. The van der Waals surface area contributed by atoms with E-state index in [1.807, 2.05) is 0 Å². The third-order valence-electron chi connectivity index (χ3n) is 5.03. The fourth-order valence-corrected chi connectivity index (χ4v) is 3.26. The highest BCUT2D eigenvalue weighted by Gasteiger charge is 2.30. The number of esters is 1. The first-order chi connectivity index (χ1) is 15.3. The van der Waals surface area contributed by atoms with Crippen LogP contribution in [0.2, 0.25) is 5.02 Å². The second kappa shape index (κ2) is 10.4. The van der Waals surface area contributed by atoms with E-state index in [1.54, 1.807) is 39.4 Å². The van der Waals surface area contributed by atoms with E-state index in [0.29, 0.717) is 11.4 Å². The molecule has 1 heterocycles. The topological polar surface area (TPSA) is 145 Å². The number of nitro groups is 1. The van der Waals surface area contributed by atoms with Crippen LogP contribution >= 0.6 is 11.6 Å². The second-order valence-corrected chi connectivity index (χ2v) is 8.26. The molecule has 0 fully saturated rings. The number of nitrogens with zero attached hydrogens (tertiary/aromatic N) is 3. The van der Waals surface area contributed by atoms with Gasteiger partial charge in [-0.3, -0.25) is 24.4 Å². The van der Waals surface area contributed by atoms with Crippen LogP contribution in [0.25, 0.3) is 0 Å². The highest BCUT2D eigenvalue weighted by atomic mass is 35.5. The Labute approximate surface area is 195 Å². The van der Waals surface area contributed by atoms with Gasteiger partial charge in [0.1, 0.15) is 6.04 Å². The minimum atomic E-state index is -1.14. The van der Waals surface area contributed by atoms with Crippen LogP contribution in [0.1, 0.15) is 42.5 Å². The van der Waals surface area contributed by atoms with Crippen LogP contribution in [-0.4, -0.2) is 44.6 Å². The van der Waals surface area contributed by atoms with E-state index in [-0.39, 0.29) is 22.2 Å². The van der Waals surface area contributed by atoms with Crippen molar-refractivity contribution in [2.45, 2.75) is 46.8 Å². The lowest BCUT2D eigenvalue weighted by atomic mass is 10.0. The molecule has 0 saturated heterocycles. The molecular weight excluding hydrogens is 454 g/mol. The van der Waals surface area contributed by atoms with Gasteiger partial charge in [-0.25, -0.2) is 4.79 Å². The summed E-state index contributed by atoms with van der Waals surface area (Å²) in [5.74, 6) is -2.44. The Bertz CT molecular complexity index is 1100. The van der Waals surface area contributed by atoms with Crippen LogP contribution < -0.4 is 10.6 Å². The summed E-state index contributed by atoms with van der Waals surface area (Å²) < 4.78 is 6.92. The molecule has 12 heteroatoms. The van der Waals surface area contributed by atoms with Gasteiger partial charge in [0.05, 0.1) is 32.6 Å². The fraction of sp³-hybridized carbons (Fsp3) is 0.429. The highest BCUT2D eigenvalue weighted by Crippen LogP contribution is 2.23. The van der Waals surface area contributed by atoms with Crippen molar-refractivity contribution in [1.29, 1.82) is 0 Å². The van der Waals surface area contributed by atoms with Gasteiger partial charge in [0.25, 0.3) is 17.5 Å². The number of nitrogens with one attached hydrogen (secondary N) is 2. The summed E-state index contributed by atoms with van der Waals surface area (Å²) in [6.07, 6.45) is -1.14. The number of nitro benzene ring substituents is 1. The fourth-order valence-electron chi connectivity index (χ4n) is 3.00. The molecule has 11 nitrogen and oxygen atoms in total. The number of carbonyl (C=O) groups is 3. The van der Waals surface area contributed by atoms with Gasteiger partial charge in [-0.1, -0.05) is 25.4 Å². The number of hydrogen-bond acceptors (Lipinski definition) is 7. The molecule has 1 aromatic carbocycles. The molecule has 0 spiro atoms. The summed E-state index contributed by atoms with van der Waals surface area (Å²) in [7, 11) is 1.74. The molecule has 0 saturated carbocycles. The Morgan fingerprint density at radius 1 is 1.21 bits per heavy atom. The van der Waals surface area contributed by atoms with Crippen molar-refractivity contribution in [3.63, 3.8) is 0 Å². The first-order valence-corrected chi connectivity index (χ1v) is 10.5. The summed E-state index contributed by atoms with van der Waals surface area (Å²) in [4.78, 5) is 48.1. The molecule has 2 aromatic rings. The first kappa shape index (κ1) is 25.8. The van der Waals surface area contributed by atoms with E-state index in [9.17, 15) is 24.5 Å². The van der Waals surface area contributed by atoms with Crippen molar-refractivity contribution >= 4 is 40.8 Å². The van der Waals surface area contributed by atoms with Crippen molar-refractivity contribution in [2.75, 3.05) is 5.32 Å². The zero-order chi connectivity index (χ0) is 25.0. The molecule has 2 atom stereocenters. The van der Waals surface area contributed by atoms with Crippen molar-refractivity contribution < 1.29 is 24.0 Å². The van der Waals surface area contributed by atoms with Crippen molar-refractivity contribution in [1.82, 2.24) is 15.1 Å². The minimum Gasteiger partial charge on any atom is -0.451 e. The molecule has 33 heavy (non-hydrogen) atoms. The third-order valence-corrected chi connectivity index (χ3v) is 5.35. The molecule has 2 N–H and O–H groups in total. The number of ether oxygens (including phenoxy) is 1. The molecule has 0 radical (unpaired) electrons. The minimum absolute atomic E-state index is 0.0333. The van der Waals surface area contributed by atoms with Gasteiger partial charge in [-0.15, -0.1) is 0 Å². The number of amides is 2. The number of carbonyl (C=O) groups excluding carboxylic acids is 3. The van der Waals surface area contributed by atoms with Gasteiger partial charge in [0.2, 0.25) is 0 Å². The molecule has 0 aliphatic heterocycles. The predicted octanol–water partition coefficient (Wildman–Crippen LogP) is 2.92. The number of hydrogen-bond donors (Lipinski definition) is 2. The van der Waals surface area contributed by atoms with Crippen LogP contribution in [0.4, 0.5) is 11.4 Å². The summed E-state index contributed by atoms with van der Waals surface area (Å²) >= 11 is 6.00. The Balaban J connectivity index is 2.09. The SMILES string of the molecule is Cc1nn(C)c(C)c1NC(=O)C(C)OC(=O)[C@@H](NC(=O)c1ccc([N+](=O)[O-])cc1Cl)C(C)C. The van der Waals surface area contributed by atoms with Gasteiger partial charge in [0.15, 0.2) is 6.10 Å². The van der Waals surface area contributed by atoms with Gasteiger partial charge in [-0.2, -0.15) is 5.10 Å². The van der Waals surface area contributed by atoms with E-state index in [4.69, 9.17) is 16.3 Å². The monoisotopic (exact) mass is 479 g/mol. The van der Waals surface area contributed by atoms with Gasteiger partial charge < -0.3 is 15.4 Å². The molecule has 0 aliphatic carbocycles. The second-order valence-electron chi connectivity index (χ2n) is 7.85. The molecule has 0 aliphatic rings. The lowest BCUT2D eigenvalue weighted by Crippen LogP contribution is -2.47. The lowest BCUT2D eigenvalue weighted by molar-refractivity contribution is -0.384. The van der Waals surface area contributed by atoms with Crippen molar-refractivity contribution in [3.8, 4) is 0 Å². The molecule has 1 unspecified atom stereocenters. The Morgan fingerprint density at radius 2 is 1.85 bits per heavy atom. The average molecular weight is 480 g/mol. The maximum atomic E-state index is 12.7. The average Bonchev–Trinajstić information content (AvgIpc) is 2.96. The molecule has 0 bridgehead atoms. The first-order valence-electron chi connectivity index (χ1n) is 10.1. The largest absolute Gasteiger partial charge is 0.451 e. The summed E-state index contributed by atoms with van der Waals surface area (Å²) in [5, 5.41) is 20.2. The van der Waals surface area contributed by atoms with Gasteiger partial charge in [0, 0.05) is 19.2 Å². The number of aryl methyl sites for hydroxylation is 2. The number of aromatic nitrogens is 2. The van der Waals surface area contributed by atoms with Crippen LogP contribution in [0.15, 0.2) is 18.2 Å². The zero-order valence-corrected chi connectivity index (χ0v) is 19.9. The van der Waals surface area contributed by atoms with Crippen LogP contribution in [0.3, 0.4) is 0 Å². The third kappa shape index (κ3) is 6.07. The number of non-ortho nitro benzene ring substituents is 1. The van der Waals surface area contributed by atoms with Crippen LogP contribution in [0.5, 0.6) is 0 Å². The quantitative estimate of drug-likeness (QED) is 0.336. The number of rotatable bonds is 8. The van der Waals surface area contributed by atoms with E-state index in [1.165, 1.54) is 13.0 Å². The van der Waals surface area contributed by atoms with Crippen LogP contribution in [0, 0.1) is 29.9 Å². The summed E-state index contributed by atoms with van der Waals surface area (Å²) in [5.41, 5.74) is 1.59. The van der Waals surface area contributed by atoms with E-state index < -0.39 is 34.9 Å². The molecule has 2 amide bonds. The lowest BCUT2D eigenvalue weighted by Gasteiger charge is -2.23. The molecule has 178 valence electrons. The Hall–Kier alpha value is -3.47. The van der Waals surface area contributed by atoms with E-state index >= 15 is 0 Å². The van der Waals surface area contributed by atoms with Gasteiger partial charge in [-0.05, 0) is 32.8 Å². The maximum Gasteiger partial charge on any atom is 0.329 e. The Morgan fingerprint density at radius 3 is 2.33 bits per heavy atom. The van der Waals surface area contributed by atoms with E-state index in [0.717, 1.165) is 17.8 Å². The summed E-state index contributed by atoms with van der Waals surface area (Å²) in [6, 6.07) is 2.31. The molecular formula is C21H26ClN5O6. The van der Waals surface area contributed by atoms with Crippen molar-refractivity contribution in [3.05, 3.63) is 50.3 Å². The smallest absolute Gasteiger partial charge is 0.329 e. The summed E-state index contributed by atoms with van der Waals surface area (Å²) in [6.45, 7) is 8.33. The molecule has 2 rings (SSSR count). The zero-order valence-electron chi connectivity index (χ0n) is 19.1. The number of anilines is 1. The van der Waals surface area contributed by atoms with E-state index in [2.05, 4.69) is 15.7 Å². The van der Waals surface area contributed by atoms with Gasteiger partial charge >= 0.3 is 5.97 Å². The standard InChI is InChI=1S/C21H26ClN5O6/c1-10(2)17(23-20(29)15-8-7-14(27(31)32)9-16(15)22)21(30)33-13(5)19(28)24-18-11(3)25-26(6)12(18)4/h7-10,13,17H,1-6H3,(H,23,29)(H,24,28)/t13?,17-/m0/s1. The van der Waals surface area contributed by atoms with Crippen molar-refractivity contribution in [2.24, 2.45) is 13.0 Å². The predicted molar refractivity (Wildman–Crippen MR) is 121 cm³/mol.